The smallest absolute Gasteiger partial charge is 0.403 e. The molecule has 2 bridgehead atoms. The summed E-state index contributed by atoms with van der Waals surface area (Å²) in [7, 11) is -0.00590. The van der Waals surface area contributed by atoms with Crippen molar-refractivity contribution in [2.45, 2.75) is 78.3 Å². The fourth-order valence-electron chi connectivity index (χ4n) is 4.73. The van der Waals surface area contributed by atoms with Crippen LogP contribution in [0.5, 0.6) is 0 Å². The second-order valence-corrected chi connectivity index (χ2v) is 8.62. The first-order valence-electron chi connectivity index (χ1n) is 7.99. The molecule has 3 heteroatoms. The molecule has 1 heterocycles. The minimum Gasteiger partial charge on any atom is -0.403 e. The highest BCUT2D eigenvalue weighted by molar-refractivity contribution is 6.45. The summed E-state index contributed by atoms with van der Waals surface area (Å²) >= 11 is 0. The number of hydrogen-bond acceptors (Lipinski definition) is 2. The number of hydrogen-bond donors (Lipinski definition) is 0. The summed E-state index contributed by atoms with van der Waals surface area (Å²) in [6, 6.07) is 0. The van der Waals surface area contributed by atoms with Gasteiger partial charge in [-0.25, -0.2) is 0 Å². The highest BCUT2D eigenvalue weighted by Gasteiger charge is 2.57. The topological polar surface area (TPSA) is 18.5 Å². The maximum absolute atomic E-state index is 6.20. The lowest BCUT2D eigenvalue weighted by atomic mass is 9.61. The first kappa shape index (κ1) is 13.9. The predicted molar refractivity (Wildman–Crippen MR) is 79.0 cm³/mol. The van der Waals surface area contributed by atoms with E-state index in [2.05, 4.69) is 41.5 Å². The second-order valence-electron chi connectivity index (χ2n) is 8.62. The number of fused-ring (bicyclic) bond motifs is 2. The molecule has 0 aromatic rings. The van der Waals surface area contributed by atoms with Crippen molar-refractivity contribution in [2.75, 3.05) is 0 Å². The van der Waals surface area contributed by atoms with Crippen LogP contribution in [0.4, 0.5) is 0 Å². The molecule has 2 saturated carbocycles. The highest BCUT2D eigenvalue weighted by Crippen LogP contribution is 2.61. The first-order valence-corrected chi connectivity index (χ1v) is 7.99. The van der Waals surface area contributed by atoms with Crippen LogP contribution in [0.2, 0.25) is 6.32 Å². The van der Waals surface area contributed by atoms with Gasteiger partial charge in [0.1, 0.15) is 0 Å². The van der Waals surface area contributed by atoms with Gasteiger partial charge in [0, 0.05) is 0 Å². The first-order chi connectivity index (χ1) is 8.63. The minimum atomic E-state index is -0.181. The van der Waals surface area contributed by atoms with Crippen LogP contribution in [0.1, 0.15) is 60.8 Å². The molecule has 3 fully saturated rings. The Hall–Kier alpha value is -0.0151. The van der Waals surface area contributed by atoms with Gasteiger partial charge in [0.15, 0.2) is 0 Å². The van der Waals surface area contributed by atoms with Gasteiger partial charge >= 0.3 is 7.12 Å². The van der Waals surface area contributed by atoms with Crippen molar-refractivity contribution in [3.05, 3.63) is 0 Å². The quantitative estimate of drug-likeness (QED) is 0.697. The molecule has 1 unspecified atom stereocenters. The zero-order valence-corrected chi connectivity index (χ0v) is 13.5. The monoisotopic (exact) mass is 264 g/mol. The standard InChI is InChI=1S/C16H29BO2/c1-14(2)12-8-7-11(9-12)13(14)10-17-18-15(3,4)16(5,6)19-17/h11-13H,7-10H2,1-6H3/t11-,12+,13?/m0/s1. The van der Waals surface area contributed by atoms with Crippen molar-refractivity contribution in [3.8, 4) is 0 Å². The van der Waals surface area contributed by atoms with Crippen molar-refractivity contribution in [3.63, 3.8) is 0 Å². The molecule has 2 aliphatic carbocycles. The summed E-state index contributed by atoms with van der Waals surface area (Å²) in [6.45, 7) is 13.5. The lowest BCUT2D eigenvalue weighted by molar-refractivity contribution is 0.00578. The van der Waals surface area contributed by atoms with Gasteiger partial charge in [-0.1, -0.05) is 13.8 Å². The summed E-state index contributed by atoms with van der Waals surface area (Å²) in [5.41, 5.74) is 0.116. The minimum absolute atomic E-state index is 0.00590. The van der Waals surface area contributed by atoms with E-state index in [9.17, 15) is 0 Å². The van der Waals surface area contributed by atoms with Gasteiger partial charge in [0.2, 0.25) is 0 Å². The Kier molecular flexibility index (Phi) is 2.94. The zero-order valence-electron chi connectivity index (χ0n) is 13.5. The molecule has 1 aliphatic heterocycles. The largest absolute Gasteiger partial charge is 0.458 e. The van der Waals surface area contributed by atoms with E-state index in [-0.39, 0.29) is 18.3 Å². The predicted octanol–water partition coefficient (Wildman–Crippen LogP) is 4.15. The summed E-state index contributed by atoms with van der Waals surface area (Å²) in [6.07, 6.45) is 5.40. The zero-order chi connectivity index (χ0) is 14.1. The summed E-state index contributed by atoms with van der Waals surface area (Å²) in [5.74, 6) is 2.63. The molecule has 0 spiro atoms. The van der Waals surface area contributed by atoms with Crippen LogP contribution < -0.4 is 0 Å². The van der Waals surface area contributed by atoms with Crippen LogP contribution in [0.15, 0.2) is 0 Å². The Bertz CT molecular complexity index is 359. The SMILES string of the molecule is CC1(C)C(CB2OC(C)(C)C(C)(C)O2)[C@H]2CC[C@@H]1C2. The summed E-state index contributed by atoms with van der Waals surface area (Å²) in [4.78, 5) is 0. The molecular weight excluding hydrogens is 235 g/mol. The molecule has 0 radical (unpaired) electrons. The Morgan fingerprint density at radius 3 is 2.00 bits per heavy atom. The third-order valence-corrected chi connectivity index (χ3v) is 6.80. The maximum Gasteiger partial charge on any atom is 0.458 e. The maximum atomic E-state index is 6.20. The van der Waals surface area contributed by atoms with Crippen LogP contribution in [-0.2, 0) is 9.31 Å². The molecule has 3 aliphatic rings. The molecule has 0 aromatic heterocycles. The third-order valence-electron chi connectivity index (χ3n) is 6.80. The molecule has 0 aromatic carbocycles. The Morgan fingerprint density at radius 2 is 1.53 bits per heavy atom. The average molecular weight is 264 g/mol. The second kappa shape index (κ2) is 4.01. The van der Waals surface area contributed by atoms with E-state index in [1.165, 1.54) is 19.3 Å². The van der Waals surface area contributed by atoms with E-state index in [0.29, 0.717) is 5.41 Å². The Morgan fingerprint density at radius 1 is 0.947 bits per heavy atom. The van der Waals surface area contributed by atoms with Gasteiger partial charge in [-0.2, -0.15) is 0 Å². The van der Waals surface area contributed by atoms with Crippen molar-refractivity contribution >= 4 is 7.12 Å². The van der Waals surface area contributed by atoms with Crippen LogP contribution in [0, 0.1) is 23.2 Å². The molecule has 1 saturated heterocycles. The van der Waals surface area contributed by atoms with E-state index < -0.39 is 0 Å². The van der Waals surface area contributed by atoms with Crippen LogP contribution >= 0.6 is 0 Å². The molecule has 19 heavy (non-hydrogen) atoms. The van der Waals surface area contributed by atoms with Crippen molar-refractivity contribution < 1.29 is 9.31 Å². The lowest BCUT2D eigenvalue weighted by Gasteiger charge is -2.38. The fraction of sp³-hybridized carbons (Fsp3) is 1.00. The number of rotatable bonds is 2. The van der Waals surface area contributed by atoms with Crippen molar-refractivity contribution in [1.82, 2.24) is 0 Å². The van der Waals surface area contributed by atoms with E-state index in [1.807, 2.05) is 0 Å². The molecule has 2 nitrogen and oxygen atoms in total. The van der Waals surface area contributed by atoms with Gasteiger partial charge in [-0.15, -0.1) is 0 Å². The molecule has 3 atom stereocenters. The van der Waals surface area contributed by atoms with E-state index in [4.69, 9.17) is 9.31 Å². The van der Waals surface area contributed by atoms with Gasteiger partial charge in [-0.3, -0.25) is 0 Å². The Balaban J connectivity index is 1.71. The summed E-state index contributed by atoms with van der Waals surface area (Å²) < 4.78 is 12.4. The fourth-order valence-corrected chi connectivity index (χ4v) is 4.73. The molecule has 0 N–H and O–H groups in total. The van der Waals surface area contributed by atoms with Crippen LogP contribution in [0.25, 0.3) is 0 Å². The van der Waals surface area contributed by atoms with E-state index in [1.54, 1.807) is 0 Å². The summed E-state index contributed by atoms with van der Waals surface area (Å²) in [5, 5.41) is 0. The Labute approximate surface area is 118 Å². The van der Waals surface area contributed by atoms with E-state index in [0.717, 1.165) is 24.1 Å². The normalized spacial score (nSPS) is 42.0. The van der Waals surface area contributed by atoms with Gasteiger partial charge < -0.3 is 9.31 Å². The van der Waals surface area contributed by atoms with E-state index >= 15 is 0 Å². The van der Waals surface area contributed by atoms with Crippen LogP contribution in [-0.4, -0.2) is 18.3 Å². The average Bonchev–Trinajstić information content (AvgIpc) is 2.84. The lowest BCUT2D eigenvalue weighted by Crippen LogP contribution is -2.41. The van der Waals surface area contributed by atoms with Crippen molar-refractivity contribution in [2.24, 2.45) is 23.2 Å². The third kappa shape index (κ3) is 2.00. The molecular formula is C16H29BO2. The van der Waals surface area contributed by atoms with Gasteiger partial charge in [0.05, 0.1) is 11.2 Å². The van der Waals surface area contributed by atoms with Crippen LogP contribution in [0.3, 0.4) is 0 Å². The molecule has 0 amide bonds. The van der Waals surface area contributed by atoms with Crippen molar-refractivity contribution in [1.29, 1.82) is 0 Å². The van der Waals surface area contributed by atoms with Gasteiger partial charge in [-0.05, 0) is 76.4 Å². The van der Waals surface area contributed by atoms with Gasteiger partial charge in [0.25, 0.3) is 0 Å². The highest BCUT2D eigenvalue weighted by atomic mass is 16.7. The molecule has 3 rings (SSSR count). The molecule has 108 valence electrons.